The van der Waals surface area contributed by atoms with Crippen molar-refractivity contribution >= 4 is 33.1 Å². The van der Waals surface area contributed by atoms with Crippen molar-refractivity contribution in [2.45, 2.75) is 96.8 Å². The Morgan fingerprint density at radius 3 is 1.26 bits per heavy atom. The molecule has 8 aromatic carbocycles. The van der Waals surface area contributed by atoms with Gasteiger partial charge in [0.05, 0.1) is 38.1 Å². The summed E-state index contributed by atoms with van der Waals surface area (Å²) < 4.78 is 24.2. The number of carbonyl (C=O) groups excluding carboxylic acids is 2. The minimum atomic E-state index is -1.59. The van der Waals surface area contributed by atoms with Crippen LogP contribution in [0.25, 0.3) is 21.5 Å². The molecule has 8 aliphatic rings. The zero-order chi connectivity index (χ0) is 54.5. The Morgan fingerprint density at radius 1 is 0.487 bits per heavy atom. The molecule has 2 aliphatic carbocycles. The summed E-state index contributed by atoms with van der Waals surface area (Å²) in [5, 5.41) is 31.5. The fraction of sp³-hybridized carbons (Fsp3) is 0.303. The minimum absolute atomic E-state index is 0.0369. The third kappa shape index (κ3) is 5.89. The molecule has 4 fully saturated rings. The van der Waals surface area contributed by atoms with Gasteiger partial charge in [-0.2, -0.15) is 0 Å². The van der Waals surface area contributed by atoms with Gasteiger partial charge in [-0.3, -0.25) is 39.6 Å². The Bertz CT molecular complexity index is 3680. The van der Waals surface area contributed by atoms with Crippen molar-refractivity contribution in [3.63, 3.8) is 0 Å². The molecular weight excluding hydrogens is 1010 g/mol. The summed E-state index contributed by atoms with van der Waals surface area (Å²) in [7, 11) is 3.20. The van der Waals surface area contributed by atoms with Gasteiger partial charge in [-0.1, -0.05) is 146 Å². The van der Waals surface area contributed by atoms with Crippen LogP contribution >= 0.6 is 0 Å². The van der Waals surface area contributed by atoms with Crippen LogP contribution < -0.4 is 18.9 Å². The van der Waals surface area contributed by atoms with Crippen molar-refractivity contribution in [3.05, 3.63) is 235 Å². The summed E-state index contributed by atoms with van der Waals surface area (Å²) in [5.74, 6) is 0.960. The minimum Gasteiger partial charge on any atom is -0.497 e. The zero-order valence-electron chi connectivity index (χ0n) is 44.2. The summed E-state index contributed by atoms with van der Waals surface area (Å²) in [6.45, 7) is 1.23. The van der Waals surface area contributed by atoms with E-state index in [0.717, 1.165) is 69.5 Å². The van der Waals surface area contributed by atoms with Gasteiger partial charge < -0.3 is 18.9 Å². The molecule has 2 spiro atoms. The maximum atomic E-state index is 15.0. The topological polar surface area (TPSA) is 164 Å². The number of methoxy groups -OCH3 is 2. The van der Waals surface area contributed by atoms with E-state index in [1.54, 1.807) is 14.2 Å². The van der Waals surface area contributed by atoms with Crippen LogP contribution in [0.5, 0.6) is 23.0 Å². The van der Waals surface area contributed by atoms with E-state index < -0.39 is 58.3 Å². The monoisotopic (exact) mass is 1060 g/mol. The quantitative estimate of drug-likeness (QED) is 0.115. The number of nitrogens with zero attached hydrogens (tertiary/aromatic N) is 4. The molecule has 8 aromatic rings. The summed E-state index contributed by atoms with van der Waals surface area (Å²) in [6.07, 6.45) is 2.95. The molecular formula is C66H56N4O10. The second kappa shape index (κ2) is 17.5. The maximum absolute atomic E-state index is 15.0. The highest BCUT2D eigenvalue weighted by molar-refractivity contribution is 6.22. The van der Waals surface area contributed by atoms with Crippen molar-refractivity contribution < 1.29 is 38.4 Å². The zero-order valence-corrected chi connectivity index (χ0v) is 44.2. The Labute approximate surface area is 461 Å². The van der Waals surface area contributed by atoms with Crippen LogP contribution in [0.15, 0.2) is 170 Å². The van der Waals surface area contributed by atoms with Gasteiger partial charge in [0.15, 0.2) is 23.8 Å². The number of ether oxygens (including phenoxy) is 4. The summed E-state index contributed by atoms with van der Waals surface area (Å²) in [5.41, 5.74) is 0.370. The standard InChI is InChI=1S/2C33H28N2O5/c2*1-39-22-17-15-21(16-18-22)31-33(35(37)38)27-14-4-5-19-34(27)32(29(33)23-10-2-3-13-26(23)40-31)25-12-7-9-20-8-6-11-24(28(20)25)30(32)36/h2*2-3,6-13,15-18,27,29,31H,4-5,14,19H2,1H3/t2*27-,29+,31+,32+,33+/m10/s1. The van der Waals surface area contributed by atoms with E-state index in [4.69, 9.17) is 18.9 Å². The molecule has 0 unspecified atom stereocenters. The van der Waals surface area contributed by atoms with Crippen molar-refractivity contribution in [3.8, 4) is 23.0 Å². The normalized spacial score (nSPS) is 30.0. The number of rotatable bonds is 6. The molecule has 0 saturated carbocycles. The number of benzene rings is 8. The number of para-hydroxylation sites is 2. The van der Waals surface area contributed by atoms with E-state index in [2.05, 4.69) is 9.80 Å². The van der Waals surface area contributed by atoms with Crippen molar-refractivity contribution in [2.75, 3.05) is 27.3 Å². The van der Waals surface area contributed by atoms with Crippen LogP contribution in [0.4, 0.5) is 0 Å². The number of hydrogen-bond acceptors (Lipinski definition) is 12. The fourth-order valence-corrected chi connectivity index (χ4v) is 17.1. The predicted molar refractivity (Wildman–Crippen MR) is 299 cm³/mol. The molecule has 0 bridgehead atoms. The maximum Gasteiger partial charge on any atom is 0.287 e. The highest BCUT2D eigenvalue weighted by Gasteiger charge is 2.84. The molecule has 0 aromatic heterocycles. The third-order valence-corrected chi connectivity index (χ3v) is 19.8. The highest BCUT2D eigenvalue weighted by Crippen LogP contribution is 2.72. The molecule has 0 N–H and O–H groups in total. The molecule has 6 aliphatic heterocycles. The molecule has 16 rings (SSSR count). The first-order chi connectivity index (χ1) is 39.1. The average molecular weight is 1070 g/mol. The van der Waals surface area contributed by atoms with E-state index in [1.807, 2.05) is 170 Å². The van der Waals surface area contributed by atoms with E-state index >= 15 is 0 Å². The SMILES string of the molecule is COc1ccc([C@@H]2Oc3ccccc3[C@@H]3[C@@]2([N+](=O)[O-])[C@H]2CCCCN2[C@]32C(=O)c3cccc4cccc2c34)cc1.COc1ccc([C@H]2Oc3ccccc3[C@H]3[C@]2([N+](=O)[O-])[C@@H]2CCCCN2[C@@]32C(=O)c3cccc4cccc2c34)cc1. The average Bonchev–Trinajstić information content (AvgIpc) is 4.28. The molecule has 14 nitrogen and oxygen atoms in total. The lowest BCUT2D eigenvalue weighted by Crippen LogP contribution is -2.60. The largest absolute Gasteiger partial charge is 0.497 e. The third-order valence-electron chi connectivity index (χ3n) is 19.8. The molecule has 0 radical (unpaired) electrons. The lowest BCUT2D eigenvalue weighted by molar-refractivity contribution is -0.592. The molecule has 10 atom stereocenters. The van der Waals surface area contributed by atoms with E-state index in [0.29, 0.717) is 71.2 Å². The van der Waals surface area contributed by atoms with E-state index in [9.17, 15) is 29.8 Å². The van der Waals surface area contributed by atoms with E-state index in [-0.39, 0.29) is 21.4 Å². The van der Waals surface area contributed by atoms with Crippen LogP contribution in [-0.4, -0.2) is 81.7 Å². The number of carbonyl (C=O) groups is 2. The number of Topliss-reactive ketones (excluding diaryl/α,β-unsaturated/α-hetero) is 2. The first kappa shape index (κ1) is 48.6. The molecule has 0 amide bonds. The van der Waals surface area contributed by atoms with Crippen LogP contribution in [-0.2, 0) is 11.1 Å². The molecule has 80 heavy (non-hydrogen) atoms. The first-order valence-corrected chi connectivity index (χ1v) is 27.8. The van der Waals surface area contributed by atoms with Gasteiger partial charge in [0.2, 0.25) is 0 Å². The van der Waals surface area contributed by atoms with Gasteiger partial charge in [-0.25, -0.2) is 0 Å². The van der Waals surface area contributed by atoms with Crippen molar-refractivity contribution in [2.24, 2.45) is 0 Å². The lowest BCUT2D eigenvalue weighted by atomic mass is 9.62. The Balaban J connectivity index is 0.000000138. The summed E-state index contributed by atoms with van der Waals surface area (Å²) >= 11 is 0. The number of ketones is 2. The van der Waals surface area contributed by atoms with Crippen LogP contribution in [0.2, 0.25) is 0 Å². The van der Waals surface area contributed by atoms with E-state index in [1.165, 1.54) is 0 Å². The molecule has 4 saturated heterocycles. The van der Waals surface area contributed by atoms with Crippen LogP contribution in [0, 0.1) is 20.2 Å². The fourth-order valence-electron chi connectivity index (χ4n) is 17.1. The second-order valence-corrected chi connectivity index (χ2v) is 22.8. The number of hydrogen-bond donors (Lipinski definition) is 0. The van der Waals surface area contributed by atoms with Crippen molar-refractivity contribution in [1.29, 1.82) is 0 Å². The highest BCUT2D eigenvalue weighted by atomic mass is 16.6. The Kier molecular flexibility index (Phi) is 10.7. The summed E-state index contributed by atoms with van der Waals surface area (Å²) in [4.78, 5) is 61.9. The second-order valence-electron chi connectivity index (χ2n) is 22.8. The van der Waals surface area contributed by atoms with Gasteiger partial charge in [0.25, 0.3) is 11.1 Å². The number of fused-ring (bicyclic) bond motifs is 16. The lowest BCUT2D eigenvalue weighted by Gasteiger charge is -2.44. The molecule has 400 valence electrons. The van der Waals surface area contributed by atoms with Crippen LogP contribution in [0.3, 0.4) is 0 Å². The van der Waals surface area contributed by atoms with Crippen molar-refractivity contribution in [1.82, 2.24) is 9.80 Å². The smallest absolute Gasteiger partial charge is 0.287 e. The molecule has 6 heterocycles. The Hall–Kier alpha value is -8.46. The number of nitro groups is 2. The van der Waals surface area contributed by atoms with Gasteiger partial charge in [0.1, 0.15) is 34.1 Å². The van der Waals surface area contributed by atoms with Gasteiger partial charge in [-0.15, -0.1) is 0 Å². The van der Waals surface area contributed by atoms with Gasteiger partial charge in [0, 0.05) is 45.2 Å². The summed E-state index contributed by atoms with van der Waals surface area (Å²) in [6, 6.07) is 52.7. The molecule has 14 heteroatoms. The predicted octanol–water partition coefficient (Wildman–Crippen LogP) is 12.1. The van der Waals surface area contributed by atoms with Crippen LogP contribution in [0.1, 0.15) is 117 Å². The van der Waals surface area contributed by atoms with Gasteiger partial charge in [-0.05, 0) is 106 Å². The van der Waals surface area contributed by atoms with Gasteiger partial charge >= 0.3 is 0 Å². The Morgan fingerprint density at radius 2 is 0.875 bits per heavy atom. The first-order valence-electron chi connectivity index (χ1n) is 27.8. The number of piperidine rings is 2.